The van der Waals surface area contributed by atoms with Crippen molar-refractivity contribution in [2.45, 2.75) is 6.92 Å². The summed E-state index contributed by atoms with van der Waals surface area (Å²) in [5.74, 6) is 0.229. The zero-order valence-electron chi connectivity index (χ0n) is 14.3. The number of nitrogens with two attached hydrogens (primary N) is 1. The quantitative estimate of drug-likeness (QED) is 0.692. The van der Waals surface area contributed by atoms with Gasteiger partial charge >= 0.3 is 0 Å². The van der Waals surface area contributed by atoms with Crippen LogP contribution >= 0.6 is 0 Å². The normalized spacial score (nSPS) is 14.6. The SMILES string of the molecule is CCS(=O)(=O)N1C=CC=CC(n2cc(-c3ncnc4nc[nH]c34)c(N)n2)=C1. The van der Waals surface area contributed by atoms with Gasteiger partial charge in [-0.1, -0.05) is 6.08 Å². The number of allylic oxidation sites excluding steroid dienone is 4. The van der Waals surface area contributed by atoms with Gasteiger partial charge in [-0.25, -0.2) is 28.1 Å². The molecule has 0 atom stereocenters. The first-order valence-electron chi connectivity index (χ1n) is 8.07. The first-order chi connectivity index (χ1) is 13.0. The Labute approximate surface area is 154 Å². The van der Waals surface area contributed by atoms with Crippen molar-refractivity contribution in [2.75, 3.05) is 11.5 Å². The Kier molecular flexibility index (Phi) is 4.00. The Balaban J connectivity index is 1.80. The van der Waals surface area contributed by atoms with E-state index in [1.807, 2.05) is 0 Å². The molecule has 4 rings (SSSR count). The molecule has 0 amide bonds. The van der Waals surface area contributed by atoms with Crippen molar-refractivity contribution in [2.24, 2.45) is 0 Å². The van der Waals surface area contributed by atoms with Crippen molar-refractivity contribution >= 4 is 32.7 Å². The summed E-state index contributed by atoms with van der Waals surface area (Å²) in [6.07, 6.45) is 12.7. The summed E-state index contributed by atoms with van der Waals surface area (Å²) < 4.78 is 27.1. The number of H-pyrrole nitrogens is 1. The number of aromatic amines is 1. The van der Waals surface area contributed by atoms with Crippen LogP contribution in [0.5, 0.6) is 0 Å². The fourth-order valence-corrected chi connectivity index (χ4v) is 3.46. The maximum Gasteiger partial charge on any atom is 0.238 e. The van der Waals surface area contributed by atoms with Gasteiger partial charge in [0.1, 0.15) is 17.5 Å². The number of sulfonamides is 1. The number of hydrogen-bond donors (Lipinski definition) is 2. The predicted octanol–water partition coefficient (Wildman–Crippen LogP) is 1.33. The lowest BCUT2D eigenvalue weighted by Gasteiger charge is -2.15. The molecular formula is C16H16N8O2S. The number of imidazole rings is 1. The molecule has 0 saturated heterocycles. The molecule has 1 aliphatic rings. The average molecular weight is 384 g/mol. The van der Waals surface area contributed by atoms with Crippen molar-refractivity contribution in [3.8, 4) is 11.3 Å². The second-order valence-electron chi connectivity index (χ2n) is 5.68. The van der Waals surface area contributed by atoms with Gasteiger partial charge in [0.15, 0.2) is 11.5 Å². The second-order valence-corrected chi connectivity index (χ2v) is 7.84. The van der Waals surface area contributed by atoms with Crippen molar-refractivity contribution in [1.29, 1.82) is 0 Å². The van der Waals surface area contributed by atoms with Crippen LogP contribution in [-0.4, -0.2) is 48.2 Å². The summed E-state index contributed by atoms with van der Waals surface area (Å²) in [5, 5.41) is 4.32. The Morgan fingerprint density at radius 2 is 2.07 bits per heavy atom. The van der Waals surface area contributed by atoms with Gasteiger partial charge in [-0.05, 0) is 19.1 Å². The lowest BCUT2D eigenvalue weighted by atomic mass is 10.2. The van der Waals surface area contributed by atoms with E-state index in [4.69, 9.17) is 5.73 Å². The maximum atomic E-state index is 12.2. The minimum atomic E-state index is -3.44. The Morgan fingerprint density at radius 3 is 2.89 bits per heavy atom. The van der Waals surface area contributed by atoms with Crippen LogP contribution in [0.2, 0.25) is 0 Å². The van der Waals surface area contributed by atoms with Crippen LogP contribution in [0.3, 0.4) is 0 Å². The number of hydrogen-bond acceptors (Lipinski definition) is 7. The van der Waals surface area contributed by atoms with Gasteiger partial charge in [0, 0.05) is 18.6 Å². The lowest BCUT2D eigenvalue weighted by molar-refractivity contribution is 0.554. The first kappa shape index (κ1) is 17.0. The lowest BCUT2D eigenvalue weighted by Crippen LogP contribution is -2.22. The highest BCUT2D eigenvalue weighted by atomic mass is 32.2. The molecule has 0 radical (unpaired) electrons. The fraction of sp³-hybridized carbons (Fsp3) is 0.125. The van der Waals surface area contributed by atoms with E-state index < -0.39 is 10.0 Å². The number of fused-ring (bicyclic) bond motifs is 1. The molecule has 11 heteroatoms. The van der Waals surface area contributed by atoms with Crippen LogP contribution in [0, 0.1) is 0 Å². The molecular weight excluding hydrogens is 368 g/mol. The van der Waals surface area contributed by atoms with Gasteiger partial charge in [0.25, 0.3) is 0 Å². The number of anilines is 1. The van der Waals surface area contributed by atoms with E-state index in [-0.39, 0.29) is 11.6 Å². The molecule has 0 saturated carbocycles. The zero-order valence-corrected chi connectivity index (χ0v) is 15.1. The molecule has 3 aromatic heterocycles. The monoisotopic (exact) mass is 384 g/mol. The highest BCUT2D eigenvalue weighted by Crippen LogP contribution is 2.29. The van der Waals surface area contributed by atoms with E-state index in [1.165, 1.54) is 29.7 Å². The minimum absolute atomic E-state index is 0.0215. The van der Waals surface area contributed by atoms with Gasteiger partial charge in [-0.2, -0.15) is 0 Å². The molecule has 27 heavy (non-hydrogen) atoms. The van der Waals surface area contributed by atoms with Crippen LogP contribution in [0.4, 0.5) is 5.82 Å². The van der Waals surface area contributed by atoms with Crippen molar-refractivity contribution < 1.29 is 8.42 Å². The molecule has 3 aromatic rings. The summed E-state index contributed by atoms with van der Waals surface area (Å²) in [4.78, 5) is 15.5. The number of nitrogens with one attached hydrogen (secondary N) is 1. The summed E-state index contributed by atoms with van der Waals surface area (Å²) >= 11 is 0. The van der Waals surface area contributed by atoms with Gasteiger partial charge < -0.3 is 10.7 Å². The van der Waals surface area contributed by atoms with E-state index in [2.05, 4.69) is 25.0 Å². The van der Waals surface area contributed by atoms with Crippen LogP contribution < -0.4 is 5.73 Å². The van der Waals surface area contributed by atoms with Gasteiger partial charge in [-0.3, -0.25) is 4.31 Å². The minimum Gasteiger partial charge on any atom is -0.382 e. The first-order valence-corrected chi connectivity index (χ1v) is 9.68. The Hall–Kier alpha value is -3.47. The molecule has 0 fully saturated rings. The fourth-order valence-electron chi connectivity index (χ4n) is 2.63. The standard InChI is InChI=1S/C16H16N8O2S/c1-2-27(25,26)23-6-4-3-5-11(7-23)24-8-12(15(17)22-24)13-14-16(20-9-18-13)21-10-19-14/h3-10H,2H2,1H3,(H2,17,22)(H,18,19,20,21). The van der Waals surface area contributed by atoms with Crippen LogP contribution in [-0.2, 0) is 10.0 Å². The van der Waals surface area contributed by atoms with E-state index in [0.717, 1.165) is 4.31 Å². The van der Waals surface area contributed by atoms with Gasteiger partial charge in [-0.15, -0.1) is 5.10 Å². The summed E-state index contributed by atoms with van der Waals surface area (Å²) in [5.41, 5.74) is 8.95. The Bertz CT molecular complexity index is 1200. The van der Waals surface area contributed by atoms with Gasteiger partial charge in [0.05, 0.1) is 23.3 Å². The van der Waals surface area contributed by atoms with E-state index >= 15 is 0 Å². The smallest absolute Gasteiger partial charge is 0.238 e. The average Bonchev–Trinajstić information content (AvgIpc) is 3.20. The van der Waals surface area contributed by atoms with E-state index in [9.17, 15) is 8.42 Å². The third-order valence-corrected chi connectivity index (χ3v) is 5.64. The summed E-state index contributed by atoms with van der Waals surface area (Å²) in [6.45, 7) is 1.59. The third-order valence-electron chi connectivity index (χ3n) is 4.04. The van der Waals surface area contributed by atoms with Crippen molar-refractivity contribution in [3.05, 3.63) is 49.5 Å². The van der Waals surface area contributed by atoms with Crippen molar-refractivity contribution in [3.63, 3.8) is 0 Å². The number of aromatic nitrogens is 6. The second kappa shape index (κ2) is 6.36. The highest BCUT2D eigenvalue weighted by molar-refractivity contribution is 7.89. The van der Waals surface area contributed by atoms with E-state index in [1.54, 1.807) is 31.3 Å². The molecule has 0 unspecified atom stereocenters. The highest BCUT2D eigenvalue weighted by Gasteiger charge is 2.19. The van der Waals surface area contributed by atoms with Gasteiger partial charge in [0.2, 0.25) is 10.0 Å². The molecule has 3 N–H and O–H groups in total. The summed E-state index contributed by atoms with van der Waals surface area (Å²) in [7, 11) is -3.44. The topological polar surface area (TPSA) is 136 Å². The summed E-state index contributed by atoms with van der Waals surface area (Å²) in [6, 6.07) is 0. The molecule has 4 heterocycles. The molecule has 10 nitrogen and oxygen atoms in total. The van der Waals surface area contributed by atoms with E-state index in [0.29, 0.717) is 28.1 Å². The van der Waals surface area contributed by atoms with Crippen LogP contribution in [0.1, 0.15) is 6.92 Å². The molecule has 0 bridgehead atoms. The maximum absolute atomic E-state index is 12.2. The predicted molar refractivity (Wildman–Crippen MR) is 101 cm³/mol. The van der Waals surface area contributed by atoms with Crippen molar-refractivity contribution in [1.82, 2.24) is 34.0 Å². The third kappa shape index (κ3) is 2.97. The number of nitrogen functional groups attached to an aromatic ring is 1. The zero-order chi connectivity index (χ0) is 19.0. The van der Waals surface area contributed by atoms with Crippen LogP contribution in [0.25, 0.3) is 28.1 Å². The molecule has 0 aliphatic carbocycles. The van der Waals surface area contributed by atoms with Crippen LogP contribution in [0.15, 0.2) is 49.5 Å². The number of rotatable bonds is 4. The molecule has 1 aliphatic heterocycles. The Morgan fingerprint density at radius 1 is 1.22 bits per heavy atom. The number of nitrogens with zero attached hydrogens (tertiary/aromatic N) is 6. The molecule has 138 valence electrons. The largest absolute Gasteiger partial charge is 0.382 e. The molecule has 0 aromatic carbocycles. The molecule has 0 spiro atoms.